The molecule has 0 saturated carbocycles. The molecule has 1 heterocycles. The van der Waals surface area contributed by atoms with Crippen molar-refractivity contribution in [2.75, 3.05) is 52.4 Å². The van der Waals surface area contributed by atoms with Crippen LogP contribution < -0.4 is 10.6 Å². The van der Waals surface area contributed by atoms with E-state index in [0.717, 1.165) is 0 Å². The first kappa shape index (κ1) is 16.4. The summed E-state index contributed by atoms with van der Waals surface area (Å²) in [4.78, 5) is 37.1. The summed E-state index contributed by atoms with van der Waals surface area (Å²) in [6.45, 7) is 3.86. The molecule has 0 bridgehead atoms. The number of aliphatic hydroxyl groups is 1. The van der Waals surface area contributed by atoms with Gasteiger partial charge in [-0.05, 0) is 6.42 Å². The van der Waals surface area contributed by atoms with E-state index in [-0.39, 0.29) is 6.61 Å². The molecule has 8 nitrogen and oxygen atoms in total. The Morgan fingerprint density at radius 3 is 2.45 bits per heavy atom. The fraction of sp³-hybridized carbons (Fsp3) is 0.750. The predicted octanol–water partition coefficient (Wildman–Crippen LogP) is -2.62. The average Bonchev–Trinajstić information content (AvgIpc) is 2.47. The largest absolute Gasteiger partial charge is 0.395 e. The summed E-state index contributed by atoms with van der Waals surface area (Å²) in [5, 5.41) is 13.8. The van der Waals surface area contributed by atoms with Crippen LogP contribution in [0.3, 0.4) is 0 Å². The lowest BCUT2D eigenvalue weighted by molar-refractivity contribution is -0.147. The third-order valence-electron chi connectivity index (χ3n) is 3.14. The minimum Gasteiger partial charge on any atom is -0.395 e. The van der Waals surface area contributed by atoms with Gasteiger partial charge in [-0.1, -0.05) is 0 Å². The number of carbonyl (C=O) groups is 3. The van der Waals surface area contributed by atoms with E-state index in [2.05, 4.69) is 10.6 Å². The van der Waals surface area contributed by atoms with Crippen LogP contribution in [0.25, 0.3) is 0 Å². The van der Waals surface area contributed by atoms with E-state index in [1.807, 2.05) is 4.90 Å². The van der Waals surface area contributed by atoms with Crippen LogP contribution in [0.2, 0.25) is 0 Å². The Morgan fingerprint density at radius 2 is 1.85 bits per heavy atom. The summed E-state index contributed by atoms with van der Waals surface area (Å²) in [5.41, 5.74) is 0. The number of β-amino-alcohol motifs (C(OH)–C–C–N with tert-alkyl or cyclic N) is 1. The number of carbonyl (C=O) groups excluding carboxylic acids is 3. The third-order valence-corrected chi connectivity index (χ3v) is 3.14. The monoisotopic (exact) mass is 286 g/mol. The number of nitrogens with one attached hydrogen (secondary N) is 2. The zero-order chi connectivity index (χ0) is 14.8. The molecule has 0 aliphatic carbocycles. The molecule has 0 radical (unpaired) electrons. The Hall–Kier alpha value is -1.67. The third kappa shape index (κ3) is 5.54. The van der Waals surface area contributed by atoms with E-state index < -0.39 is 11.8 Å². The molecule has 8 heteroatoms. The van der Waals surface area contributed by atoms with Crippen molar-refractivity contribution in [2.24, 2.45) is 0 Å². The highest BCUT2D eigenvalue weighted by Crippen LogP contribution is 2.01. The van der Waals surface area contributed by atoms with Crippen molar-refractivity contribution in [2.45, 2.75) is 6.42 Å². The van der Waals surface area contributed by atoms with Gasteiger partial charge in [0.15, 0.2) is 0 Å². The topological polar surface area (TPSA) is 102 Å². The molecule has 1 aliphatic rings. The number of rotatable bonds is 7. The number of piperazine rings is 1. The molecule has 114 valence electrons. The van der Waals surface area contributed by atoms with Gasteiger partial charge in [-0.25, -0.2) is 0 Å². The highest BCUT2D eigenvalue weighted by Gasteiger charge is 2.25. The molecule has 1 rings (SSSR count). The SMILES string of the molecule is O=CNCCCNC(=O)C(=O)N1CCN(CCO)CC1. The van der Waals surface area contributed by atoms with E-state index in [1.54, 1.807) is 0 Å². The highest BCUT2D eigenvalue weighted by molar-refractivity contribution is 6.35. The van der Waals surface area contributed by atoms with Crippen LogP contribution in [-0.4, -0.2) is 85.6 Å². The number of hydrogen-bond acceptors (Lipinski definition) is 5. The van der Waals surface area contributed by atoms with Gasteiger partial charge in [0.2, 0.25) is 6.41 Å². The van der Waals surface area contributed by atoms with Crippen molar-refractivity contribution in [3.05, 3.63) is 0 Å². The zero-order valence-corrected chi connectivity index (χ0v) is 11.5. The highest BCUT2D eigenvalue weighted by atomic mass is 16.3. The minimum absolute atomic E-state index is 0.100. The number of aliphatic hydroxyl groups excluding tert-OH is 1. The van der Waals surface area contributed by atoms with Crippen molar-refractivity contribution in [1.29, 1.82) is 0 Å². The minimum atomic E-state index is -0.605. The predicted molar refractivity (Wildman–Crippen MR) is 71.8 cm³/mol. The maximum atomic E-state index is 11.9. The van der Waals surface area contributed by atoms with Gasteiger partial charge in [-0.15, -0.1) is 0 Å². The van der Waals surface area contributed by atoms with Gasteiger partial charge in [0, 0.05) is 45.8 Å². The molecule has 0 spiro atoms. The summed E-state index contributed by atoms with van der Waals surface area (Å²) >= 11 is 0. The van der Waals surface area contributed by atoms with Gasteiger partial charge in [0.05, 0.1) is 6.61 Å². The van der Waals surface area contributed by atoms with Crippen LogP contribution in [0.5, 0.6) is 0 Å². The Balaban J connectivity index is 2.21. The Bertz CT molecular complexity index is 329. The van der Waals surface area contributed by atoms with Crippen LogP contribution in [0.1, 0.15) is 6.42 Å². The van der Waals surface area contributed by atoms with Crippen molar-refractivity contribution in [3.63, 3.8) is 0 Å². The Labute approximate surface area is 118 Å². The lowest BCUT2D eigenvalue weighted by Crippen LogP contribution is -2.53. The van der Waals surface area contributed by atoms with E-state index in [0.29, 0.717) is 58.6 Å². The first-order chi connectivity index (χ1) is 9.69. The van der Waals surface area contributed by atoms with Gasteiger partial charge >= 0.3 is 11.8 Å². The van der Waals surface area contributed by atoms with Crippen LogP contribution in [0, 0.1) is 0 Å². The molecule has 0 aromatic rings. The zero-order valence-electron chi connectivity index (χ0n) is 11.5. The van der Waals surface area contributed by atoms with Crippen LogP contribution >= 0.6 is 0 Å². The maximum Gasteiger partial charge on any atom is 0.311 e. The summed E-state index contributed by atoms with van der Waals surface area (Å²) in [6, 6.07) is 0. The van der Waals surface area contributed by atoms with E-state index >= 15 is 0 Å². The molecule has 0 unspecified atom stereocenters. The molecule has 0 atom stereocenters. The Kier molecular flexibility index (Phi) is 7.59. The van der Waals surface area contributed by atoms with E-state index in [9.17, 15) is 14.4 Å². The number of amides is 3. The molecule has 1 saturated heterocycles. The van der Waals surface area contributed by atoms with Crippen LogP contribution in [-0.2, 0) is 14.4 Å². The molecule has 3 N–H and O–H groups in total. The summed E-state index contributed by atoms with van der Waals surface area (Å²) < 4.78 is 0. The van der Waals surface area contributed by atoms with E-state index in [4.69, 9.17) is 5.11 Å². The summed E-state index contributed by atoms with van der Waals surface area (Å²) in [5.74, 6) is -1.12. The summed E-state index contributed by atoms with van der Waals surface area (Å²) in [6.07, 6.45) is 1.18. The van der Waals surface area contributed by atoms with E-state index in [1.165, 1.54) is 4.90 Å². The molecule has 0 aromatic carbocycles. The number of hydrogen-bond donors (Lipinski definition) is 3. The van der Waals surface area contributed by atoms with Crippen molar-refractivity contribution < 1.29 is 19.5 Å². The molecule has 3 amide bonds. The second-order valence-corrected chi connectivity index (χ2v) is 4.54. The first-order valence-corrected chi connectivity index (χ1v) is 6.76. The second kappa shape index (κ2) is 9.27. The quantitative estimate of drug-likeness (QED) is 0.270. The molecule has 1 aliphatic heterocycles. The second-order valence-electron chi connectivity index (χ2n) is 4.54. The van der Waals surface area contributed by atoms with Crippen molar-refractivity contribution in [3.8, 4) is 0 Å². The van der Waals surface area contributed by atoms with Crippen molar-refractivity contribution in [1.82, 2.24) is 20.4 Å². The lowest BCUT2D eigenvalue weighted by atomic mass is 10.3. The first-order valence-electron chi connectivity index (χ1n) is 6.76. The Morgan fingerprint density at radius 1 is 1.15 bits per heavy atom. The molecular formula is C12H22N4O4. The van der Waals surface area contributed by atoms with Gasteiger partial charge in [0.25, 0.3) is 0 Å². The normalized spacial score (nSPS) is 15.8. The molecule has 0 aromatic heterocycles. The fourth-order valence-corrected chi connectivity index (χ4v) is 1.99. The smallest absolute Gasteiger partial charge is 0.311 e. The average molecular weight is 286 g/mol. The van der Waals surface area contributed by atoms with Crippen molar-refractivity contribution >= 4 is 18.2 Å². The fourth-order valence-electron chi connectivity index (χ4n) is 1.99. The maximum absolute atomic E-state index is 11.9. The van der Waals surface area contributed by atoms with Gasteiger partial charge < -0.3 is 20.6 Å². The van der Waals surface area contributed by atoms with Crippen LogP contribution in [0.15, 0.2) is 0 Å². The number of nitrogens with zero attached hydrogens (tertiary/aromatic N) is 2. The molecular weight excluding hydrogens is 264 g/mol. The van der Waals surface area contributed by atoms with Gasteiger partial charge in [-0.2, -0.15) is 0 Å². The lowest BCUT2D eigenvalue weighted by Gasteiger charge is -2.33. The van der Waals surface area contributed by atoms with Gasteiger partial charge in [-0.3, -0.25) is 19.3 Å². The molecule has 1 fully saturated rings. The van der Waals surface area contributed by atoms with Crippen LogP contribution in [0.4, 0.5) is 0 Å². The standard InChI is InChI=1S/C12H22N4O4/c17-9-8-15-4-6-16(7-5-15)12(20)11(19)14-3-1-2-13-10-18/h10,17H,1-9H2,(H,13,18)(H,14,19). The molecule has 20 heavy (non-hydrogen) atoms. The summed E-state index contributed by atoms with van der Waals surface area (Å²) in [7, 11) is 0. The van der Waals surface area contributed by atoms with Gasteiger partial charge in [0.1, 0.15) is 0 Å².